The molecule has 0 saturated heterocycles. The van der Waals surface area contributed by atoms with Crippen LogP contribution in [0.4, 0.5) is 17.1 Å². The minimum atomic E-state index is -0.153. The lowest BCUT2D eigenvalue weighted by Crippen LogP contribution is -2.51. The van der Waals surface area contributed by atoms with E-state index in [1.165, 1.54) is 83.6 Å². The summed E-state index contributed by atoms with van der Waals surface area (Å²) in [6.45, 7) is 42.9. The van der Waals surface area contributed by atoms with Crippen molar-refractivity contribution in [2.24, 2.45) is 22.7 Å². The minimum absolute atomic E-state index is 0.00251. The standard InChI is InChI=1S/C68H81BN2O/c1-41-35-56-59-57(36-41)71(55-40-52-50(66(13,14)33-34-68(52,17)18)38-47(55)42-19-21-43(22-20-42)62(2,3)4)54-29-28-49-51(67(15,16)32-31-65(49,11)12)39-53(54)69(59)61-60(48-37-45(64(8,9)10)25-30-58(48)72-61)70(56)46-26-23-44(24-27-46)63(5,6)7/h19-27,30,35,37-41,49H,31-34,36H2,1-18H3. The third-order valence-corrected chi connectivity index (χ3v) is 18.4. The van der Waals surface area contributed by atoms with Crippen LogP contribution in [0.15, 0.2) is 129 Å². The fraction of sp³-hybridized carbons (Fsp3) is 0.471. The highest BCUT2D eigenvalue weighted by Gasteiger charge is 2.53. The fourth-order valence-electron chi connectivity index (χ4n) is 13.3. The summed E-state index contributed by atoms with van der Waals surface area (Å²) < 4.78 is 7.53. The largest absolute Gasteiger partial charge is 0.468 e. The van der Waals surface area contributed by atoms with Crippen molar-refractivity contribution in [1.29, 1.82) is 0 Å². The van der Waals surface area contributed by atoms with E-state index in [4.69, 9.17) is 4.42 Å². The van der Waals surface area contributed by atoms with Crippen LogP contribution in [0.3, 0.4) is 0 Å². The van der Waals surface area contributed by atoms with Crippen LogP contribution in [0.25, 0.3) is 22.1 Å². The van der Waals surface area contributed by atoms with Crippen LogP contribution in [0, 0.1) is 34.5 Å². The monoisotopic (exact) mass is 953 g/mol. The number of allylic oxidation sites excluding steroid dienone is 7. The molecule has 1 aromatic heterocycles. The number of furan rings is 1. The highest BCUT2D eigenvalue weighted by molar-refractivity contribution is 6.89. The summed E-state index contributed by atoms with van der Waals surface area (Å²) in [6.07, 6.45) is 10.7. The second kappa shape index (κ2) is 15.8. The third-order valence-electron chi connectivity index (χ3n) is 18.4. The van der Waals surface area contributed by atoms with Gasteiger partial charge in [0.2, 0.25) is 0 Å². The number of nitrogens with zero attached hydrogens (tertiary/aromatic N) is 2. The smallest absolute Gasteiger partial charge is 0.297 e. The SMILES string of the molecule is CC1C=C2C3=C(C1)N(c1cc4c(cc1-c1ccc(C(C)(C)C)cc1)C(C)(C)CCC4(C)C)C1=C(C=C4C(C#C1)C(C)(C)CCC4(C)C)B3c1oc3ccc(C(C)(C)C)cc3c1N2c1ccc(C(C)(C)C)cc1. The first-order valence-electron chi connectivity index (χ1n) is 27.5. The Hall–Kier alpha value is -5.40. The molecule has 5 aromatic rings. The Balaban J connectivity index is 1.28. The maximum absolute atomic E-state index is 7.53. The second-order valence-electron chi connectivity index (χ2n) is 28.8. The molecule has 4 aromatic carbocycles. The third kappa shape index (κ3) is 7.67. The van der Waals surface area contributed by atoms with Crippen LogP contribution < -0.4 is 15.5 Å². The normalized spacial score (nSPS) is 22.7. The molecule has 2 aliphatic heterocycles. The summed E-state index contributed by atoms with van der Waals surface area (Å²) in [5.41, 5.74) is 22.9. The molecule has 1 fully saturated rings. The first-order chi connectivity index (χ1) is 33.5. The predicted octanol–water partition coefficient (Wildman–Crippen LogP) is 17.6. The Morgan fingerprint density at radius 2 is 1.21 bits per heavy atom. The Bertz CT molecular complexity index is 3290. The molecule has 0 N–H and O–H groups in total. The molecule has 4 heteroatoms. The fourth-order valence-corrected chi connectivity index (χ4v) is 13.3. The van der Waals surface area contributed by atoms with E-state index >= 15 is 0 Å². The van der Waals surface area contributed by atoms with E-state index in [1.807, 2.05) is 0 Å². The van der Waals surface area contributed by atoms with E-state index in [2.05, 4.69) is 237 Å². The number of anilines is 3. The van der Waals surface area contributed by atoms with Gasteiger partial charge in [-0.15, -0.1) is 0 Å². The van der Waals surface area contributed by atoms with E-state index in [1.54, 1.807) is 0 Å². The van der Waals surface area contributed by atoms with Gasteiger partial charge in [0.1, 0.15) is 5.58 Å². The molecule has 11 rings (SSSR count). The zero-order valence-electron chi connectivity index (χ0n) is 47.2. The van der Waals surface area contributed by atoms with Crippen LogP contribution in [0.1, 0.15) is 185 Å². The van der Waals surface area contributed by atoms with Gasteiger partial charge in [0.25, 0.3) is 6.71 Å². The van der Waals surface area contributed by atoms with Crippen molar-refractivity contribution in [2.75, 3.05) is 9.80 Å². The Kier molecular flexibility index (Phi) is 10.7. The van der Waals surface area contributed by atoms with Gasteiger partial charge >= 0.3 is 0 Å². The average Bonchev–Trinajstić information content (AvgIpc) is 3.53. The summed E-state index contributed by atoms with van der Waals surface area (Å²) in [4.78, 5) is 5.31. The van der Waals surface area contributed by atoms with E-state index in [0.717, 1.165) is 54.7 Å². The molecule has 0 radical (unpaired) electrons. The maximum Gasteiger partial charge on any atom is 0.297 e. The zero-order valence-corrected chi connectivity index (χ0v) is 47.2. The molecule has 2 atom stereocenters. The molecule has 3 nitrogen and oxygen atoms in total. The van der Waals surface area contributed by atoms with Crippen molar-refractivity contribution in [1.82, 2.24) is 0 Å². The summed E-state index contributed by atoms with van der Waals surface area (Å²) in [6, 6.07) is 31.2. The topological polar surface area (TPSA) is 19.6 Å². The van der Waals surface area contributed by atoms with Gasteiger partial charge in [-0.3, -0.25) is 0 Å². The van der Waals surface area contributed by atoms with Crippen LogP contribution in [-0.2, 0) is 27.1 Å². The Labute approximate surface area is 434 Å². The summed E-state index contributed by atoms with van der Waals surface area (Å²) in [5, 5.41) is 1.17. The van der Waals surface area contributed by atoms with Crippen molar-refractivity contribution < 1.29 is 4.42 Å². The molecule has 372 valence electrons. The summed E-state index contributed by atoms with van der Waals surface area (Å²) in [7, 11) is 0. The van der Waals surface area contributed by atoms with E-state index in [0.29, 0.717) is 0 Å². The second-order valence-corrected chi connectivity index (χ2v) is 28.8. The Morgan fingerprint density at radius 1 is 0.639 bits per heavy atom. The number of rotatable bonds is 3. The van der Waals surface area contributed by atoms with Gasteiger partial charge in [0.15, 0.2) is 0 Å². The molecule has 4 aliphatic carbocycles. The van der Waals surface area contributed by atoms with E-state index < -0.39 is 0 Å². The van der Waals surface area contributed by atoms with Gasteiger partial charge in [0, 0.05) is 33.9 Å². The van der Waals surface area contributed by atoms with Gasteiger partial charge in [-0.05, 0) is 168 Å². The number of fused-ring (bicyclic) bond motifs is 7. The lowest BCUT2D eigenvalue weighted by atomic mass is 9.33. The number of benzene rings is 4. The molecular weight excluding hydrogens is 872 g/mol. The molecule has 1 saturated carbocycles. The number of hydrogen-bond acceptors (Lipinski definition) is 3. The van der Waals surface area contributed by atoms with Crippen molar-refractivity contribution >= 4 is 40.4 Å². The highest BCUT2D eigenvalue weighted by atomic mass is 16.3. The summed E-state index contributed by atoms with van der Waals surface area (Å²) >= 11 is 0. The average molecular weight is 953 g/mol. The molecule has 3 heterocycles. The van der Waals surface area contributed by atoms with Crippen LogP contribution >= 0.6 is 0 Å². The van der Waals surface area contributed by atoms with E-state index in [9.17, 15) is 0 Å². The van der Waals surface area contributed by atoms with Gasteiger partial charge in [-0.2, -0.15) is 0 Å². The predicted molar refractivity (Wildman–Crippen MR) is 308 cm³/mol. The minimum Gasteiger partial charge on any atom is -0.468 e. The number of hydrogen-bond donors (Lipinski definition) is 0. The van der Waals surface area contributed by atoms with Crippen molar-refractivity contribution in [2.45, 2.75) is 184 Å². The molecular formula is C68H81BN2O. The maximum atomic E-state index is 7.53. The first kappa shape index (κ1) is 48.9. The first-order valence-corrected chi connectivity index (χ1v) is 27.5. The van der Waals surface area contributed by atoms with Gasteiger partial charge in [0.05, 0.1) is 22.7 Å². The lowest BCUT2D eigenvalue weighted by Gasteiger charge is -2.48. The quantitative estimate of drug-likeness (QED) is 0.133. The molecule has 6 aliphatic rings. The Morgan fingerprint density at radius 3 is 1.82 bits per heavy atom. The van der Waals surface area contributed by atoms with Gasteiger partial charge < -0.3 is 14.2 Å². The molecule has 0 amide bonds. The van der Waals surface area contributed by atoms with Crippen molar-refractivity contribution in [3.63, 3.8) is 0 Å². The van der Waals surface area contributed by atoms with E-state index in [-0.39, 0.29) is 56.5 Å². The van der Waals surface area contributed by atoms with Crippen molar-refractivity contribution in [3.05, 3.63) is 152 Å². The van der Waals surface area contributed by atoms with Crippen molar-refractivity contribution in [3.8, 4) is 23.0 Å². The van der Waals surface area contributed by atoms with Gasteiger partial charge in [-0.25, -0.2) is 0 Å². The lowest BCUT2D eigenvalue weighted by molar-refractivity contribution is 0.158. The molecule has 72 heavy (non-hydrogen) atoms. The highest BCUT2D eigenvalue weighted by Crippen LogP contribution is 2.58. The van der Waals surface area contributed by atoms with Crippen LogP contribution in [-0.4, -0.2) is 6.71 Å². The van der Waals surface area contributed by atoms with Gasteiger partial charge in [-0.1, -0.05) is 185 Å². The van der Waals surface area contributed by atoms with Crippen LogP contribution in [0.5, 0.6) is 0 Å². The molecule has 0 spiro atoms. The molecule has 2 unspecified atom stereocenters. The summed E-state index contributed by atoms with van der Waals surface area (Å²) in [5.74, 6) is 8.64. The molecule has 0 bridgehead atoms. The van der Waals surface area contributed by atoms with Crippen LogP contribution in [0.2, 0.25) is 0 Å². The zero-order chi connectivity index (χ0) is 51.6.